The highest BCUT2D eigenvalue weighted by Crippen LogP contribution is 2.33. The molecule has 21 nitrogen and oxygen atoms in total. The molecule has 494 valence electrons. The minimum atomic E-state index is -0.475. The van der Waals surface area contributed by atoms with E-state index in [-0.39, 0.29) is 28.9 Å². The number of benzene rings is 3. The van der Waals surface area contributed by atoms with Crippen molar-refractivity contribution in [3.05, 3.63) is 196 Å². The van der Waals surface area contributed by atoms with E-state index in [1.165, 1.54) is 174 Å². The Kier molecular flexibility index (Phi) is 41.0. The van der Waals surface area contributed by atoms with Gasteiger partial charge in [0.05, 0.1) is 38.0 Å². The number of aromatic nitrogens is 4. The fourth-order valence-electron chi connectivity index (χ4n) is 8.47. The summed E-state index contributed by atoms with van der Waals surface area (Å²) in [6.45, 7) is 14.7. The van der Waals surface area contributed by atoms with Crippen LogP contribution in [0.2, 0.25) is 0 Å². The number of H-pyrrole nitrogens is 4. The Morgan fingerprint density at radius 3 is 1.53 bits per heavy atom. The number of ether oxygens (including phenoxy) is 2. The molecule has 0 aliphatic carbocycles. The molecule has 2 unspecified atom stereocenters. The quantitative estimate of drug-likeness (QED) is 0.0681. The molecule has 10 aliphatic rings. The van der Waals surface area contributed by atoms with E-state index < -0.39 is 11.4 Å². The molecule has 12 N–H and O–H groups in total. The van der Waals surface area contributed by atoms with Crippen molar-refractivity contribution in [2.24, 2.45) is 5.73 Å². The topological polar surface area (TPSA) is 299 Å². The zero-order valence-electron chi connectivity index (χ0n) is 51.6. The van der Waals surface area contributed by atoms with Gasteiger partial charge < -0.3 is 50.9 Å². The maximum atomic E-state index is 10.7. The number of para-hydroxylation sites is 1. The second kappa shape index (κ2) is 48.7. The molecule has 10 aliphatic heterocycles. The number of hydrogen-bond acceptors (Lipinski definition) is 21. The van der Waals surface area contributed by atoms with E-state index >= 15 is 0 Å². The first-order valence-corrected chi connectivity index (χ1v) is 37.3. The molecule has 3 aromatic heterocycles. The molecule has 13 heterocycles. The van der Waals surface area contributed by atoms with Crippen molar-refractivity contribution in [1.29, 1.82) is 0 Å². The number of nitrogens with one attached hydrogen (secondary N) is 10. The number of carbonyl (C=O) groups excluding carboxylic acids is 1. The van der Waals surface area contributed by atoms with E-state index in [9.17, 15) is 28.8 Å². The number of urea groups is 1. The standard InChI is InChI=1S/C9H6O2.C8H9N.C8H8O.C5H6N2O2.C5H9NS.C4H7N3O.C4H4N2O2.C4H10N2.C4H9NS.C4H8OS.C4H8S2.C4H8S/c10-9-6-5-7-3-1-2-4-8(7)11-9;2*1-2-4-8-6-9-5-7(8)3-1;1-3-2-4(8)7-5(9)6-3;1-2-6-3-4-7-5(1)6;5-3-1-2-6-4(8)7-3;7-3-1-2-5-4(8)6-3;1-2-4-6-5-3-1;2*1-3-6-4-2-5-1;1-2-6-4-3-5-1;1-2-4-5-3-1/h1-6H;1-4,9H,5-6H2;1-4H,5-6H2;2H,1H3,(H2,6,7,8,9);5H,1-4H2;1-3H,5H2,(H2,6,7,8);1-2H,(H2,5,6,7,8);5-6H,1-4H2;5H,1-4H2;2*1-4H2;1-4H2. The van der Waals surface area contributed by atoms with Crippen LogP contribution in [0.4, 0.5) is 4.79 Å². The number of aryl methyl sites for hydroxylation is 1. The predicted octanol–water partition coefficient (Wildman–Crippen LogP) is 7.02. The fraction of sp³-hybridized carbons (Fsp3) is 0.492. The smallest absolute Gasteiger partial charge is 0.336 e. The zero-order valence-corrected chi connectivity index (χ0v) is 56.5. The number of nitrogens with zero attached hydrogens (tertiary/aromatic N) is 1. The summed E-state index contributed by atoms with van der Waals surface area (Å²) in [6.07, 6.45) is 11.2. The van der Waals surface area contributed by atoms with Crippen molar-refractivity contribution in [2.75, 3.05) is 116 Å². The SMILES string of the molecule is C1CCNNC1.C1CCSC1.C1CN2CCC2S1.C1CSCCN1.C1CSCCO1.C1CSCCS1.Cc1cc(=O)[nH]c(=O)[nH]1.NC1C=CNC(=O)N1.O=c1cc[nH]c(=O)[nH]1.O=c1ccc2ccccc2o1.c1ccc2c(c1)CNC2.c1ccc2c(c1)COC2. The number of carbonyl (C=O) groups is 1. The lowest BCUT2D eigenvalue weighted by atomic mass is 10.1. The molecule has 3 aromatic carbocycles. The van der Waals surface area contributed by atoms with Gasteiger partial charge >= 0.3 is 23.0 Å². The number of amides is 2. The molecule has 0 spiro atoms. The third kappa shape index (κ3) is 35.7. The lowest BCUT2D eigenvalue weighted by molar-refractivity contribution is 0.134. The Hall–Kier alpha value is -4.98. The van der Waals surface area contributed by atoms with Crippen molar-refractivity contribution >= 4 is 87.6 Å². The first kappa shape index (κ1) is 75.7. The van der Waals surface area contributed by atoms with E-state index in [1.54, 1.807) is 25.1 Å². The lowest BCUT2D eigenvalue weighted by Gasteiger charge is -2.33. The van der Waals surface area contributed by atoms with Gasteiger partial charge in [0, 0.05) is 146 Å². The monoisotopic (exact) mass is 1350 g/mol. The molecule has 6 aromatic rings. The van der Waals surface area contributed by atoms with Gasteiger partial charge in [0.2, 0.25) is 0 Å². The van der Waals surface area contributed by atoms with Crippen LogP contribution in [0, 0.1) is 6.92 Å². The van der Waals surface area contributed by atoms with Crippen LogP contribution in [0.3, 0.4) is 0 Å². The fourth-order valence-corrected chi connectivity index (χ4v) is 14.6. The third-order valence-electron chi connectivity index (χ3n) is 13.2. The van der Waals surface area contributed by atoms with Gasteiger partial charge in [-0.15, -0.1) is 11.8 Å². The van der Waals surface area contributed by atoms with Crippen molar-refractivity contribution in [1.82, 2.24) is 57.0 Å². The normalized spacial score (nSPS) is 19.3. The molecular formula is C63H92N12O9S6. The van der Waals surface area contributed by atoms with Crippen LogP contribution in [0.1, 0.15) is 60.1 Å². The van der Waals surface area contributed by atoms with Crippen LogP contribution >= 0.6 is 70.6 Å². The molecule has 7 fully saturated rings. The van der Waals surface area contributed by atoms with Gasteiger partial charge in [-0.05, 0) is 91.0 Å². The van der Waals surface area contributed by atoms with Gasteiger partial charge in [0.15, 0.2) is 0 Å². The predicted molar refractivity (Wildman–Crippen MR) is 381 cm³/mol. The molecule has 16 rings (SSSR count). The second-order valence-electron chi connectivity index (χ2n) is 20.3. The molecule has 27 heteroatoms. The minimum absolute atomic E-state index is 0.250. The first-order chi connectivity index (χ1) is 44.0. The van der Waals surface area contributed by atoms with Crippen molar-refractivity contribution in [3.8, 4) is 0 Å². The number of nitrogens with two attached hydrogens (primary N) is 1. The minimum Gasteiger partial charge on any atom is -0.423 e. The Labute approximate surface area is 553 Å². The van der Waals surface area contributed by atoms with Gasteiger partial charge in [0.25, 0.3) is 11.1 Å². The zero-order chi connectivity index (χ0) is 63.9. The Morgan fingerprint density at radius 2 is 1.13 bits per heavy atom. The highest BCUT2D eigenvalue weighted by Gasteiger charge is 2.32. The van der Waals surface area contributed by atoms with Crippen LogP contribution in [-0.4, -0.2) is 158 Å². The molecule has 7 saturated heterocycles. The third-order valence-corrected chi connectivity index (χ3v) is 20.1. The van der Waals surface area contributed by atoms with Gasteiger partial charge in [-0.3, -0.25) is 35.3 Å². The summed E-state index contributed by atoms with van der Waals surface area (Å²) in [4.78, 5) is 73.5. The van der Waals surface area contributed by atoms with E-state index in [2.05, 4.69) is 130 Å². The second-order valence-corrected chi connectivity index (χ2v) is 27.7. The van der Waals surface area contributed by atoms with Gasteiger partial charge in [-0.1, -0.05) is 66.7 Å². The van der Waals surface area contributed by atoms with Crippen LogP contribution in [0.5, 0.6) is 0 Å². The summed E-state index contributed by atoms with van der Waals surface area (Å²) < 4.78 is 15.2. The number of aromatic amines is 4. The molecule has 2 atom stereocenters. The summed E-state index contributed by atoms with van der Waals surface area (Å²) in [5, 5.41) is 13.3. The number of hydrogen-bond donors (Lipinski definition) is 11. The number of thioether (sulfide) groups is 6. The number of rotatable bonds is 0. The van der Waals surface area contributed by atoms with Crippen LogP contribution in [-0.2, 0) is 35.8 Å². The number of fused-ring (bicyclic) bond motifs is 4. The molecule has 2 amide bonds. The largest absolute Gasteiger partial charge is 0.423 e. The van der Waals surface area contributed by atoms with Crippen LogP contribution in [0.15, 0.2) is 144 Å². The Balaban J connectivity index is 0.000000180. The Morgan fingerprint density at radius 1 is 0.544 bits per heavy atom. The van der Waals surface area contributed by atoms with Gasteiger partial charge in [0.1, 0.15) is 5.58 Å². The van der Waals surface area contributed by atoms with Crippen LogP contribution < -0.4 is 66.0 Å². The van der Waals surface area contributed by atoms with E-state index in [4.69, 9.17) is 19.6 Å². The van der Waals surface area contributed by atoms with Crippen LogP contribution in [0.25, 0.3) is 11.0 Å². The average Bonchev–Trinajstić information content (AvgIpc) is 3.09. The molecule has 0 bridgehead atoms. The summed E-state index contributed by atoms with van der Waals surface area (Å²) >= 11 is 12.3. The van der Waals surface area contributed by atoms with E-state index in [0.717, 1.165) is 63.4 Å². The summed E-state index contributed by atoms with van der Waals surface area (Å²) in [7, 11) is 0. The van der Waals surface area contributed by atoms with E-state index in [0.29, 0.717) is 11.3 Å². The molecule has 0 radical (unpaired) electrons. The lowest BCUT2D eigenvalue weighted by Crippen LogP contribution is -2.47. The highest BCUT2D eigenvalue weighted by molar-refractivity contribution is 8.06. The first-order valence-electron chi connectivity index (χ1n) is 30.5. The van der Waals surface area contributed by atoms with Gasteiger partial charge in [-0.2, -0.15) is 58.8 Å². The van der Waals surface area contributed by atoms with E-state index in [1.807, 2.05) is 63.8 Å². The molecule has 0 saturated carbocycles. The average molecular weight is 1350 g/mol. The van der Waals surface area contributed by atoms with Gasteiger partial charge in [-0.25, -0.2) is 19.2 Å². The molecular weight excluding hydrogens is 1260 g/mol. The van der Waals surface area contributed by atoms with Crippen molar-refractivity contribution in [2.45, 2.75) is 76.9 Å². The molecule has 90 heavy (non-hydrogen) atoms. The number of hydrazine groups is 1. The summed E-state index contributed by atoms with van der Waals surface area (Å²) in [5.74, 6) is 14.7. The van der Waals surface area contributed by atoms with Crippen molar-refractivity contribution < 1.29 is 18.7 Å². The maximum absolute atomic E-state index is 10.7. The summed E-state index contributed by atoms with van der Waals surface area (Å²) in [6, 6.07) is 29.8. The highest BCUT2D eigenvalue weighted by atomic mass is 32.2. The maximum Gasteiger partial charge on any atom is 0.336 e. The van der Waals surface area contributed by atoms with Crippen molar-refractivity contribution in [3.63, 3.8) is 0 Å². The Bertz CT molecular complexity index is 2950. The summed E-state index contributed by atoms with van der Waals surface area (Å²) in [5.41, 5.74) is 16.2.